The maximum atomic E-state index is 12.7. The van der Waals surface area contributed by atoms with Gasteiger partial charge in [0.15, 0.2) is 0 Å². The number of nitriles is 1. The van der Waals surface area contributed by atoms with Gasteiger partial charge in [-0.25, -0.2) is 4.79 Å². The first-order valence-corrected chi connectivity index (χ1v) is 10.8. The van der Waals surface area contributed by atoms with E-state index in [0.717, 1.165) is 6.42 Å². The summed E-state index contributed by atoms with van der Waals surface area (Å²) in [6, 6.07) is 19.4. The van der Waals surface area contributed by atoms with Crippen molar-refractivity contribution in [1.82, 2.24) is 0 Å². The minimum Gasteiger partial charge on any atom is -0.494 e. The molecule has 0 spiro atoms. The first-order chi connectivity index (χ1) is 16.9. The van der Waals surface area contributed by atoms with Gasteiger partial charge in [0, 0.05) is 23.8 Å². The average Bonchev–Trinajstić information content (AvgIpc) is 2.86. The molecule has 35 heavy (non-hydrogen) atoms. The Kier molecular flexibility index (Phi) is 6.64. The van der Waals surface area contributed by atoms with E-state index in [-0.39, 0.29) is 22.9 Å². The van der Waals surface area contributed by atoms with Crippen LogP contribution in [0.4, 0.5) is 5.69 Å². The number of hydrogen-bond donors (Lipinski definition) is 1. The van der Waals surface area contributed by atoms with Gasteiger partial charge in [0.05, 0.1) is 23.0 Å². The normalized spacial score (nSPS) is 14.3. The molecule has 0 fully saturated rings. The van der Waals surface area contributed by atoms with Crippen LogP contribution in [0.15, 0.2) is 78.2 Å². The van der Waals surface area contributed by atoms with E-state index >= 15 is 0 Å². The standard InChI is InChI=1S/C26H21N3O6/c1-2-12-33-19-5-3-4-17(13-19)26(30)34-20-10-11-21-23(14-20)35-25(28)22(15-27)24(21)16-6-8-18(9-7-16)29(31)32/h3-11,13-14,24H,2,12,28H2,1H3. The molecule has 0 amide bonds. The van der Waals surface area contributed by atoms with Gasteiger partial charge in [0.25, 0.3) is 5.69 Å². The van der Waals surface area contributed by atoms with Gasteiger partial charge in [-0.3, -0.25) is 10.1 Å². The summed E-state index contributed by atoms with van der Waals surface area (Å²) in [7, 11) is 0. The van der Waals surface area contributed by atoms with Gasteiger partial charge in [-0.15, -0.1) is 0 Å². The molecule has 0 aromatic heterocycles. The van der Waals surface area contributed by atoms with E-state index in [1.165, 1.54) is 18.2 Å². The number of benzene rings is 3. The van der Waals surface area contributed by atoms with Gasteiger partial charge in [0.1, 0.15) is 28.9 Å². The number of carbonyl (C=O) groups is 1. The van der Waals surface area contributed by atoms with E-state index in [2.05, 4.69) is 6.07 Å². The van der Waals surface area contributed by atoms with Gasteiger partial charge in [-0.2, -0.15) is 5.26 Å². The van der Waals surface area contributed by atoms with E-state index < -0.39 is 16.8 Å². The van der Waals surface area contributed by atoms with Gasteiger partial charge in [0.2, 0.25) is 5.88 Å². The summed E-state index contributed by atoms with van der Waals surface area (Å²) in [5.41, 5.74) is 7.70. The fourth-order valence-corrected chi connectivity index (χ4v) is 3.73. The molecule has 1 unspecified atom stereocenters. The molecule has 3 aromatic rings. The number of nitro benzene ring substituents is 1. The smallest absolute Gasteiger partial charge is 0.343 e. The highest BCUT2D eigenvalue weighted by Gasteiger charge is 2.31. The number of carbonyl (C=O) groups excluding carboxylic acids is 1. The number of non-ortho nitro benzene ring substituents is 1. The Morgan fingerprint density at radius 3 is 2.60 bits per heavy atom. The van der Waals surface area contributed by atoms with E-state index in [1.54, 1.807) is 48.5 Å². The fraction of sp³-hybridized carbons (Fsp3) is 0.154. The second kappa shape index (κ2) is 9.97. The number of nitrogens with two attached hydrogens (primary N) is 1. The van der Waals surface area contributed by atoms with E-state index in [1.807, 2.05) is 6.92 Å². The molecule has 1 atom stereocenters. The summed E-state index contributed by atoms with van der Waals surface area (Å²) in [6.45, 7) is 2.53. The Morgan fingerprint density at radius 1 is 1.14 bits per heavy atom. The molecule has 0 radical (unpaired) electrons. The monoisotopic (exact) mass is 471 g/mol. The minimum atomic E-state index is -0.596. The maximum Gasteiger partial charge on any atom is 0.343 e. The summed E-state index contributed by atoms with van der Waals surface area (Å²) in [5, 5.41) is 20.7. The van der Waals surface area contributed by atoms with E-state index in [4.69, 9.17) is 19.9 Å². The molecular weight excluding hydrogens is 450 g/mol. The summed E-state index contributed by atoms with van der Waals surface area (Å²) in [6.07, 6.45) is 0.843. The Balaban J connectivity index is 1.62. The highest BCUT2D eigenvalue weighted by Crippen LogP contribution is 2.43. The van der Waals surface area contributed by atoms with Crippen molar-refractivity contribution in [2.75, 3.05) is 6.61 Å². The second-order valence-electron chi connectivity index (χ2n) is 7.74. The van der Waals surface area contributed by atoms with Gasteiger partial charge >= 0.3 is 5.97 Å². The first kappa shape index (κ1) is 23.3. The van der Waals surface area contributed by atoms with Crippen molar-refractivity contribution in [3.63, 3.8) is 0 Å². The predicted octanol–water partition coefficient (Wildman–Crippen LogP) is 4.82. The zero-order chi connectivity index (χ0) is 24.9. The van der Waals surface area contributed by atoms with Gasteiger partial charge < -0.3 is 19.9 Å². The lowest BCUT2D eigenvalue weighted by atomic mass is 9.83. The zero-order valence-electron chi connectivity index (χ0n) is 18.8. The highest BCUT2D eigenvalue weighted by atomic mass is 16.6. The molecular formula is C26H21N3O6. The van der Waals surface area contributed by atoms with Crippen LogP contribution in [0.3, 0.4) is 0 Å². The number of fused-ring (bicyclic) bond motifs is 1. The molecule has 0 saturated carbocycles. The van der Waals surface area contributed by atoms with Crippen LogP contribution in [0.1, 0.15) is 40.7 Å². The molecule has 4 rings (SSSR count). The summed E-state index contributed by atoms with van der Waals surface area (Å²) >= 11 is 0. The molecule has 1 heterocycles. The topological polar surface area (TPSA) is 138 Å². The summed E-state index contributed by atoms with van der Waals surface area (Å²) in [4.78, 5) is 23.2. The SMILES string of the molecule is CCCOc1cccc(C(=O)Oc2ccc3c(c2)OC(N)=C(C#N)C3c2ccc([N+](=O)[O-])cc2)c1. The Morgan fingerprint density at radius 2 is 1.91 bits per heavy atom. The third-order valence-electron chi connectivity index (χ3n) is 5.38. The molecule has 176 valence electrons. The molecule has 1 aliphatic rings. The number of allylic oxidation sites excluding steroid dienone is 1. The number of esters is 1. The molecule has 0 bridgehead atoms. The average molecular weight is 471 g/mol. The number of nitrogens with zero attached hydrogens (tertiary/aromatic N) is 2. The quantitative estimate of drug-likeness (QED) is 0.224. The third-order valence-corrected chi connectivity index (χ3v) is 5.38. The van der Waals surface area contributed by atoms with E-state index in [9.17, 15) is 20.2 Å². The number of ether oxygens (including phenoxy) is 3. The number of nitro groups is 1. The molecule has 2 N–H and O–H groups in total. The van der Waals surface area contributed by atoms with Crippen LogP contribution in [-0.2, 0) is 0 Å². The van der Waals surface area contributed by atoms with Gasteiger partial charge in [-0.1, -0.05) is 31.2 Å². The Hall–Kier alpha value is -4.84. The lowest BCUT2D eigenvalue weighted by Gasteiger charge is -2.26. The van der Waals surface area contributed by atoms with Crippen LogP contribution in [0.5, 0.6) is 17.2 Å². The van der Waals surface area contributed by atoms with Crippen molar-refractivity contribution >= 4 is 11.7 Å². The fourth-order valence-electron chi connectivity index (χ4n) is 3.73. The molecule has 3 aromatic carbocycles. The lowest BCUT2D eigenvalue weighted by molar-refractivity contribution is -0.384. The minimum absolute atomic E-state index is 0.0667. The predicted molar refractivity (Wildman–Crippen MR) is 126 cm³/mol. The van der Waals surface area contributed by atoms with Crippen molar-refractivity contribution in [2.45, 2.75) is 19.3 Å². The van der Waals surface area contributed by atoms with Crippen molar-refractivity contribution < 1.29 is 23.9 Å². The third kappa shape index (κ3) is 4.91. The highest BCUT2D eigenvalue weighted by molar-refractivity contribution is 5.91. The van der Waals surface area contributed by atoms with E-state index in [0.29, 0.717) is 34.8 Å². The van der Waals surface area contributed by atoms with Crippen LogP contribution in [0.25, 0.3) is 0 Å². The van der Waals surface area contributed by atoms with Crippen molar-refractivity contribution in [3.05, 3.63) is 105 Å². The van der Waals surface area contributed by atoms with Crippen molar-refractivity contribution in [3.8, 4) is 23.3 Å². The zero-order valence-corrected chi connectivity index (χ0v) is 18.8. The number of rotatable bonds is 7. The molecule has 1 aliphatic heterocycles. The number of hydrogen-bond acceptors (Lipinski definition) is 8. The molecule has 0 aliphatic carbocycles. The largest absolute Gasteiger partial charge is 0.494 e. The van der Waals surface area contributed by atoms with Crippen molar-refractivity contribution in [2.24, 2.45) is 5.73 Å². The van der Waals surface area contributed by atoms with Crippen molar-refractivity contribution in [1.29, 1.82) is 5.26 Å². The second-order valence-corrected chi connectivity index (χ2v) is 7.74. The molecule has 0 saturated heterocycles. The summed E-state index contributed by atoms with van der Waals surface area (Å²) in [5.74, 6) is -0.146. The maximum absolute atomic E-state index is 12.7. The van der Waals surface area contributed by atoms with Crippen LogP contribution in [-0.4, -0.2) is 17.5 Å². The van der Waals surface area contributed by atoms with Gasteiger partial charge in [-0.05, 0) is 36.2 Å². The lowest BCUT2D eigenvalue weighted by Crippen LogP contribution is -2.21. The van der Waals surface area contributed by atoms with Crippen LogP contribution in [0, 0.1) is 21.4 Å². The van der Waals surface area contributed by atoms with Crippen LogP contribution < -0.4 is 19.9 Å². The molecule has 9 heteroatoms. The summed E-state index contributed by atoms with van der Waals surface area (Å²) < 4.78 is 16.7. The Bertz CT molecular complexity index is 1360. The molecule has 9 nitrogen and oxygen atoms in total. The Labute approximate surface area is 201 Å². The van der Waals surface area contributed by atoms with Crippen LogP contribution >= 0.6 is 0 Å². The van der Waals surface area contributed by atoms with Crippen LogP contribution in [0.2, 0.25) is 0 Å². The first-order valence-electron chi connectivity index (χ1n) is 10.8.